The summed E-state index contributed by atoms with van der Waals surface area (Å²) < 4.78 is 11.4. The van der Waals surface area contributed by atoms with E-state index >= 15 is 0 Å². The summed E-state index contributed by atoms with van der Waals surface area (Å²) in [5.41, 5.74) is 12.7. The Hall–Kier alpha value is -6.06. The Morgan fingerprint density at radius 1 is 0.532 bits per heavy atom. The molecule has 0 N–H and O–H groups in total. The molecule has 1 aliphatic carbocycles. The van der Waals surface area contributed by atoms with Gasteiger partial charge in [0.1, 0.15) is 5.76 Å². The smallest absolute Gasteiger partial charge is 0.159 e. The minimum absolute atomic E-state index is 0.837. The van der Waals surface area contributed by atoms with Crippen molar-refractivity contribution in [3.05, 3.63) is 163 Å². The predicted octanol–water partition coefficient (Wildman–Crippen LogP) is 11.8. The zero-order chi connectivity index (χ0) is 31.1. The molecule has 0 saturated heterocycles. The number of benzene rings is 6. The van der Waals surface area contributed by atoms with Crippen molar-refractivity contribution in [3.8, 4) is 22.5 Å². The Morgan fingerprint density at radius 3 is 1.85 bits per heavy atom. The van der Waals surface area contributed by atoms with E-state index in [1.807, 2.05) is 0 Å². The molecule has 1 aliphatic rings. The molecular weight excluding hydrogens is 572 g/mol. The molecule has 3 aromatic heterocycles. The van der Waals surface area contributed by atoms with Gasteiger partial charge in [0, 0.05) is 38.2 Å². The van der Waals surface area contributed by atoms with Crippen LogP contribution in [0.15, 0.2) is 156 Å². The number of furan rings is 1. The average molecular weight is 603 g/mol. The summed E-state index contributed by atoms with van der Waals surface area (Å²) in [7, 11) is 0. The van der Waals surface area contributed by atoms with Crippen molar-refractivity contribution in [1.82, 2.24) is 9.13 Å². The minimum Gasteiger partial charge on any atom is -0.454 e. The monoisotopic (exact) mass is 602 g/mol. The second-order valence-electron chi connectivity index (χ2n) is 12.6. The third kappa shape index (κ3) is 3.87. The van der Waals surface area contributed by atoms with E-state index in [2.05, 4.69) is 161 Å². The van der Waals surface area contributed by atoms with E-state index in [0.29, 0.717) is 0 Å². The van der Waals surface area contributed by atoms with Crippen LogP contribution in [0.1, 0.15) is 17.7 Å². The molecule has 0 atom stereocenters. The molecule has 0 amide bonds. The van der Waals surface area contributed by atoms with E-state index in [0.717, 1.165) is 40.8 Å². The lowest BCUT2D eigenvalue weighted by atomic mass is 10.0. The van der Waals surface area contributed by atoms with Crippen molar-refractivity contribution in [2.24, 2.45) is 0 Å². The predicted molar refractivity (Wildman–Crippen MR) is 197 cm³/mol. The van der Waals surface area contributed by atoms with Gasteiger partial charge in [-0.2, -0.15) is 0 Å². The topological polar surface area (TPSA) is 23.0 Å². The van der Waals surface area contributed by atoms with Crippen molar-refractivity contribution >= 4 is 60.7 Å². The first-order valence-corrected chi connectivity index (χ1v) is 16.2. The zero-order valence-corrected chi connectivity index (χ0v) is 25.8. The molecule has 0 unspecified atom stereocenters. The number of aromatic nitrogens is 2. The van der Waals surface area contributed by atoms with E-state index in [-0.39, 0.29) is 0 Å². The highest BCUT2D eigenvalue weighted by molar-refractivity contribution is 6.13. The zero-order valence-electron chi connectivity index (χ0n) is 25.8. The summed E-state index contributed by atoms with van der Waals surface area (Å²) in [4.78, 5) is 0. The third-order valence-corrected chi connectivity index (χ3v) is 9.87. The van der Waals surface area contributed by atoms with Gasteiger partial charge in [-0.3, -0.25) is 0 Å². The number of rotatable bonds is 3. The van der Waals surface area contributed by atoms with Gasteiger partial charge >= 0.3 is 0 Å². The Bertz CT molecular complexity index is 2750. The second kappa shape index (κ2) is 9.97. The number of para-hydroxylation sites is 4. The van der Waals surface area contributed by atoms with E-state index in [1.54, 1.807) is 0 Å². The molecule has 10 rings (SSSR count). The van der Waals surface area contributed by atoms with Crippen LogP contribution in [0.3, 0.4) is 0 Å². The van der Waals surface area contributed by atoms with E-state index in [4.69, 9.17) is 4.42 Å². The molecule has 3 heteroatoms. The van der Waals surface area contributed by atoms with Crippen LogP contribution < -0.4 is 0 Å². The number of nitrogens with zero attached hydrogens (tertiary/aromatic N) is 2. The minimum atomic E-state index is 0.837. The Kier molecular flexibility index (Phi) is 5.55. The molecule has 0 fully saturated rings. The normalized spacial score (nSPS) is 13.3. The molecule has 0 bridgehead atoms. The van der Waals surface area contributed by atoms with Gasteiger partial charge in [-0.15, -0.1) is 0 Å². The maximum Gasteiger partial charge on any atom is 0.159 e. The standard InChI is InChI=1S/C44H30N2O/c1-28-11-9-20-43-37(25-28)34-16-10-19-42(44(34)47-43)46-39-18-8-6-15-33(39)36-27-30(22-24-41(36)46)29-21-23-40-35(26-29)32-14-5-7-17-38(32)45(40)31-12-3-2-4-13-31/h2-10,12-24,26-27H,1,11,25H2. The first-order valence-electron chi connectivity index (χ1n) is 16.2. The third-order valence-electron chi connectivity index (χ3n) is 9.87. The van der Waals surface area contributed by atoms with Gasteiger partial charge in [0.15, 0.2) is 5.58 Å². The Labute approximate surface area is 271 Å². The van der Waals surface area contributed by atoms with Crippen LogP contribution in [0.4, 0.5) is 0 Å². The number of hydrogen-bond acceptors (Lipinski definition) is 1. The largest absolute Gasteiger partial charge is 0.454 e. The summed E-state index contributed by atoms with van der Waals surface area (Å²) in [6.45, 7) is 4.29. The van der Waals surface area contributed by atoms with E-state index < -0.39 is 0 Å². The van der Waals surface area contributed by atoms with Gasteiger partial charge in [0.25, 0.3) is 0 Å². The molecular formula is C44H30N2O. The Balaban J connectivity index is 1.18. The average Bonchev–Trinajstić information content (AvgIpc) is 3.71. The number of fused-ring (bicyclic) bond motifs is 9. The summed E-state index contributed by atoms with van der Waals surface area (Å²) in [5, 5.41) is 6.13. The van der Waals surface area contributed by atoms with Crippen molar-refractivity contribution in [3.63, 3.8) is 0 Å². The van der Waals surface area contributed by atoms with E-state index in [9.17, 15) is 0 Å². The maximum atomic E-state index is 6.62. The van der Waals surface area contributed by atoms with Gasteiger partial charge in [0.05, 0.1) is 27.8 Å². The molecule has 0 saturated carbocycles. The van der Waals surface area contributed by atoms with E-state index in [1.165, 1.54) is 66.0 Å². The lowest BCUT2D eigenvalue weighted by Gasteiger charge is -2.10. The summed E-state index contributed by atoms with van der Waals surface area (Å²) in [6, 6.07) is 48.4. The molecule has 3 heterocycles. The van der Waals surface area contributed by atoms with Crippen LogP contribution in [0.25, 0.3) is 83.2 Å². The summed E-state index contributed by atoms with van der Waals surface area (Å²) in [5.74, 6) is 0.943. The lowest BCUT2D eigenvalue weighted by molar-refractivity contribution is 0.598. The van der Waals surface area contributed by atoms with Gasteiger partial charge in [0.2, 0.25) is 0 Å². The highest BCUT2D eigenvalue weighted by atomic mass is 16.3. The number of allylic oxidation sites excluding steroid dienone is 2. The van der Waals surface area contributed by atoms with Crippen molar-refractivity contribution in [2.75, 3.05) is 0 Å². The Morgan fingerprint density at radius 2 is 1.13 bits per heavy atom. The van der Waals surface area contributed by atoms with Gasteiger partial charge in [-0.05, 0) is 84.6 Å². The van der Waals surface area contributed by atoms with Crippen LogP contribution >= 0.6 is 0 Å². The first kappa shape index (κ1) is 26.2. The summed E-state index contributed by atoms with van der Waals surface area (Å²) >= 11 is 0. The number of hydrogen-bond donors (Lipinski definition) is 0. The molecule has 3 nitrogen and oxygen atoms in total. The molecule has 222 valence electrons. The van der Waals surface area contributed by atoms with Crippen molar-refractivity contribution < 1.29 is 4.42 Å². The molecule has 47 heavy (non-hydrogen) atoms. The maximum absolute atomic E-state index is 6.62. The molecule has 0 spiro atoms. The quantitative estimate of drug-likeness (QED) is 0.185. The van der Waals surface area contributed by atoms with Crippen LogP contribution in [0.5, 0.6) is 0 Å². The van der Waals surface area contributed by atoms with Crippen LogP contribution in [0.2, 0.25) is 0 Å². The van der Waals surface area contributed by atoms with Crippen molar-refractivity contribution in [2.45, 2.75) is 12.8 Å². The van der Waals surface area contributed by atoms with Gasteiger partial charge < -0.3 is 13.6 Å². The van der Waals surface area contributed by atoms with Crippen molar-refractivity contribution in [1.29, 1.82) is 0 Å². The second-order valence-corrected chi connectivity index (χ2v) is 12.6. The molecule has 6 aromatic carbocycles. The van der Waals surface area contributed by atoms with Crippen LogP contribution in [-0.2, 0) is 6.42 Å². The van der Waals surface area contributed by atoms with Crippen LogP contribution in [-0.4, -0.2) is 9.13 Å². The highest BCUT2D eigenvalue weighted by Gasteiger charge is 2.21. The SMILES string of the molecule is C=C1CC=Cc2oc3c(-n4c5ccccc5c5cc(-c6ccc7c(c6)c6ccccc6n7-c6ccccc6)ccc54)cccc3c2C1. The molecule has 9 aromatic rings. The molecule has 0 aliphatic heterocycles. The molecule has 0 radical (unpaired) electrons. The lowest BCUT2D eigenvalue weighted by Crippen LogP contribution is -1.95. The first-order chi connectivity index (χ1) is 23.2. The summed E-state index contributed by atoms with van der Waals surface area (Å²) in [6.07, 6.45) is 6.00. The highest BCUT2D eigenvalue weighted by Crippen LogP contribution is 2.41. The van der Waals surface area contributed by atoms with Crippen LogP contribution in [0, 0.1) is 0 Å². The fourth-order valence-electron chi connectivity index (χ4n) is 7.74. The fourth-order valence-corrected chi connectivity index (χ4v) is 7.74. The van der Waals surface area contributed by atoms with Gasteiger partial charge in [-0.1, -0.05) is 97.1 Å². The fraction of sp³-hybridized carbons (Fsp3) is 0.0455. The van der Waals surface area contributed by atoms with Gasteiger partial charge in [-0.25, -0.2) is 0 Å².